The van der Waals surface area contributed by atoms with Crippen LogP contribution in [0, 0.1) is 0 Å². The summed E-state index contributed by atoms with van der Waals surface area (Å²) in [6, 6.07) is 6.36. The standard InChI is InChI=1S/C14H12F3N3O/c15-14(16,17)12-11-7-18-5-6-20(11)13(19-12)10-3-1-9(8-21)2-4-10/h1-4,8,18H,5-7H2. The van der Waals surface area contributed by atoms with Crippen molar-refractivity contribution < 1.29 is 18.0 Å². The predicted molar refractivity (Wildman–Crippen MR) is 69.8 cm³/mol. The van der Waals surface area contributed by atoms with Gasteiger partial charge in [0, 0.05) is 30.8 Å². The largest absolute Gasteiger partial charge is 0.435 e. The SMILES string of the molecule is O=Cc1ccc(-c2nc(C(F)(F)F)c3n2CCNC3)cc1. The van der Waals surface area contributed by atoms with E-state index in [0.717, 1.165) is 0 Å². The molecule has 1 aromatic carbocycles. The fourth-order valence-electron chi connectivity index (χ4n) is 2.46. The molecule has 0 atom stereocenters. The average molecular weight is 295 g/mol. The molecule has 21 heavy (non-hydrogen) atoms. The van der Waals surface area contributed by atoms with E-state index >= 15 is 0 Å². The van der Waals surface area contributed by atoms with Gasteiger partial charge in [-0.25, -0.2) is 4.98 Å². The molecule has 0 spiro atoms. The molecular weight excluding hydrogens is 283 g/mol. The third-order valence-corrected chi connectivity index (χ3v) is 3.45. The van der Waals surface area contributed by atoms with E-state index in [-0.39, 0.29) is 18.1 Å². The Morgan fingerprint density at radius 1 is 1.24 bits per heavy atom. The first-order valence-electron chi connectivity index (χ1n) is 6.43. The average Bonchev–Trinajstić information content (AvgIpc) is 2.87. The zero-order chi connectivity index (χ0) is 15.0. The van der Waals surface area contributed by atoms with Crippen LogP contribution < -0.4 is 5.32 Å². The number of aldehydes is 1. The molecule has 1 N–H and O–H groups in total. The third-order valence-electron chi connectivity index (χ3n) is 3.45. The van der Waals surface area contributed by atoms with Crippen LogP contribution in [0.15, 0.2) is 24.3 Å². The second-order valence-corrected chi connectivity index (χ2v) is 4.80. The Bertz CT molecular complexity index is 674. The van der Waals surface area contributed by atoms with Crippen LogP contribution in [0.5, 0.6) is 0 Å². The smallest absolute Gasteiger partial charge is 0.325 e. The lowest BCUT2D eigenvalue weighted by molar-refractivity contribution is -0.141. The monoisotopic (exact) mass is 295 g/mol. The first kappa shape index (κ1) is 13.8. The predicted octanol–water partition coefficient (Wildman–Crippen LogP) is 2.48. The van der Waals surface area contributed by atoms with Gasteiger partial charge in [0.15, 0.2) is 5.69 Å². The van der Waals surface area contributed by atoms with Crippen LogP contribution in [0.4, 0.5) is 13.2 Å². The Kier molecular flexibility index (Phi) is 3.29. The summed E-state index contributed by atoms with van der Waals surface area (Å²) < 4.78 is 40.8. The summed E-state index contributed by atoms with van der Waals surface area (Å²) >= 11 is 0. The van der Waals surface area contributed by atoms with Crippen LogP contribution in [0.3, 0.4) is 0 Å². The zero-order valence-electron chi connectivity index (χ0n) is 10.9. The summed E-state index contributed by atoms with van der Waals surface area (Å²) in [6.07, 6.45) is -3.78. The Morgan fingerprint density at radius 3 is 2.57 bits per heavy atom. The number of imidazole rings is 1. The fraction of sp³-hybridized carbons (Fsp3) is 0.286. The number of nitrogens with zero attached hydrogens (tertiary/aromatic N) is 2. The molecule has 0 amide bonds. The van der Waals surface area contributed by atoms with E-state index in [1.54, 1.807) is 28.8 Å². The number of fused-ring (bicyclic) bond motifs is 1. The number of aromatic nitrogens is 2. The van der Waals surface area contributed by atoms with Crippen molar-refractivity contribution in [2.24, 2.45) is 0 Å². The number of alkyl halides is 3. The molecule has 1 aromatic heterocycles. The molecule has 3 rings (SSSR count). The molecule has 1 aliphatic rings. The van der Waals surface area contributed by atoms with Crippen molar-refractivity contribution in [2.75, 3.05) is 6.54 Å². The van der Waals surface area contributed by atoms with Gasteiger partial charge in [0.25, 0.3) is 0 Å². The van der Waals surface area contributed by atoms with Gasteiger partial charge in [0.2, 0.25) is 0 Å². The van der Waals surface area contributed by atoms with Crippen molar-refractivity contribution >= 4 is 6.29 Å². The Hall–Kier alpha value is -2.15. The lowest BCUT2D eigenvalue weighted by Crippen LogP contribution is -2.29. The van der Waals surface area contributed by atoms with E-state index in [0.29, 0.717) is 30.5 Å². The van der Waals surface area contributed by atoms with E-state index in [2.05, 4.69) is 10.3 Å². The Morgan fingerprint density at radius 2 is 1.95 bits per heavy atom. The number of nitrogens with one attached hydrogen (secondary N) is 1. The van der Waals surface area contributed by atoms with Crippen LogP contribution in [-0.2, 0) is 19.3 Å². The normalized spacial score (nSPS) is 14.8. The topological polar surface area (TPSA) is 46.9 Å². The van der Waals surface area contributed by atoms with Gasteiger partial charge in [-0.1, -0.05) is 24.3 Å². The van der Waals surface area contributed by atoms with E-state index in [4.69, 9.17) is 0 Å². The third kappa shape index (κ3) is 2.44. The van der Waals surface area contributed by atoms with Crippen LogP contribution in [0.2, 0.25) is 0 Å². The molecule has 0 saturated heterocycles. The van der Waals surface area contributed by atoms with Crippen LogP contribution in [-0.4, -0.2) is 22.4 Å². The summed E-state index contributed by atoms with van der Waals surface area (Å²) in [5, 5.41) is 2.93. The zero-order valence-corrected chi connectivity index (χ0v) is 10.9. The van der Waals surface area contributed by atoms with Crippen molar-refractivity contribution in [1.82, 2.24) is 14.9 Å². The summed E-state index contributed by atoms with van der Waals surface area (Å²) in [5.41, 5.74) is 0.355. The number of carbonyl (C=O) groups excluding carboxylic acids is 1. The van der Waals surface area contributed by atoms with E-state index < -0.39 is 11.9 Å². The molecule has 7 heteroatoms. The fourth-order valence-corrected chi connectivity index (χ4v) is 2.46. The number of hydrogen-bond acceptors (Lipinski definition) is 3. The second kappa shape index (κ2) is 5.00. The first-order chi connectivity index (χ1) is 10.0. The Labute approximate surface area is 118 Å². The maximum absolute atomic E-state index is 13.1. The van der Waals surface area contributed by atoms with Gasteiger partial charge in [-0.3, -0.25) is 4.79 Å². The molecule has 0 radical (unpaired) electrons. The molecule has 4 nitrogen and oxygen atoms in total. The molecular formula is C14H12F3N3O. The van der Waals surface area contributed by atoms with Gasteiger partial charge in [0.1, 0.15) is 12.1 Å². The second-order valence-electron chi connectivity index (χ2n) is 4.80. The van der Waals surface area contributed by atoms with E-state index in [9.17, 15) is 18.0 Å². The quantitative estimate of drug-likeness (QED) is 0.866. The number of rotatable bonds is 2. The molecule has 0 unspecified atom stereocenters. The van der Waals surface area contributed by atoms with Gasteiger partial charge >= 0.3 is 6.18 Å². The number of hydrogen-bond donors (Lipinski definition) is 1. The van der Waals surface area contributed by atoms with Crippen molar-refractivity contribution in [3.8, 4) is 11.4 Å². The molecule has 2 aromatic rings. The maximum Gasteiger partial charge on any atom is 0.435 e. The lowest BCUT2D eigenvalue weighted by atomic mass is 10.1. The minimum Gasteiger partial charge on any atom is -0.325 e. The molecule has 2 heterocycles. The summed E-state index contributed by atoms with van der Waals surface area (Å²) in [7, 11) is 0. The highest BCUT2D eigenvalue weighted by Crippen LogP contribution is 2.35. The Balaban J connectivity index is 2.13. The summed E-state index contributed by atoms with van der Waals surface area (Å²) in [4.78, 5) is 14.4. The maximum atomic E-state index is 13.1. The highest BCUT2D eigenvalue weighted by molar-refractivity contribution is 5.76. The molecule has 0 saturated carbocycles. The van der Waals surface area contributed by atoms with Gasteiger partial charge in [-0.2, -0.15) is 13.2 Å². The number of carbonyl (C=O) groups is 1. The lowest BCUT2D eigenvalue weighted by Gasteiger charge is -2.19. The molecule has 0 bridgehead atoms. The van der Waals surface area contributed by atoms with Crippen molar-refractivity contribution in [3.63, 3.8) is 0 Å². The minimum atomic E-state index is -4.48. The van der Waals surface area contributed by atoms with Gasteiger partial charge < -0.3 is 9.88 Å². The van der Waals surface area contributed by atoms with Crippen molar-refractivity contribution in [2.45, 2.75) is 19.3 Å². The molecule has 1 aliphatic heterocycles. The highest BCUT2D eigenvalue weighted by atomic mass is 19.4. The number of benzene rings is 1. The summed E-state index contributed by atoms with van der Waals surface area (Å²) in [6.45, 7) is 1.18. The van der Waals surface area contributed by atoms with Crippen molar-refractivity contribution in [3.05, 3.63) is 41.2 Å². The van der Waals surface area contributed by atoms with Crippen molar-refractivity contribution in [1.29, 1.82) is 0 Å². The highest BCUT2D eigenvalue weighted by Gasteiger charge is 2.39. The van der Waals surface area contributed by atoms with Gasteiger partial charge in [0.05, 0.1) is 5.69 Å². The minimum absolute atomic E-state index is 0.147. The van der Waals surface area contributed by atoms with Gasteiger partial charge in [-0.15, -0.1) is 0 Å². The molecule has 110 valence electrons. The van der Waals surface area contributed by atoms with Crippen LogP contribution >= 0.6 is 0 Å². The summed E-state index contributed by atoms with van der Waals surface area (Å²) in [5.74, 6) is 0.288. The molecule has 0 aliphatic carbocycles. The molecule has 0 fully saturated rings. The van der Waals surface area contributed by atoms with Crippen LogP contribution in [0.1, 0.15) is 21.7 Å². The van der Waals surface area contributed by atoms with E-state index in [1.165, 1.54) is 0 Å². The van der Waals surface area contributed by atoms with Gasteiger partial charge in [-0.05, 0) is 0 Å². The first-order valence-corrected chi connectivity index (χ1v) is 6.43. The van der Waals surface area contributed by atoms with E-state index in [1.807, 2.05) is 0 Å². The van der Waals surface area contributed by atoms with Crippen LogP contribution in [0.25, 0.3) is 11.4 Å². The number of halogens is 3.